The number of ketones is 1. The normalized spacial score (nSPS) is 17.0. The first-order chi connectivity index (χ1) is 8.16. The van der Waals surface area contributed by atoms with E-state index in [0.29, 0.717) is 12.1 Å². The minimum absolute atomic E-state index is 0.0150. The van der Waals surface area contributed by atoms with Crippen LogP contribution in [-0.4, -0.2) is 35.4 Å². The molecule has 0 bridgehead atoms. The Morgan fingerprint density at radius 2 is 2.00 bits per heavy atom. The van der Waals surface area contributed by atoms with Crippen LogP contribution in [0.1, 0.15) is 29.6 Å². The maximum atomic E-state index is 12.0. The molecule has 0 unspecified atom stereocenters. The van der Waals surface area contributed by atoms with Crippen LogP contribution in [-0.2, 0) is 0 Å². The van der Waals surface area contributed by atoms with Gasteiger partial charge in [-0.1, -0.05) is 18.0 Å². The van der Waals surface area contributed by atoms with E-state index in [2.05, 4.69) is 4.90 Å². The Hall–Kier alpha value is -1.06. The number of piperidine rings is 1. The lowest BCUT2D eigenvalue weighted by atomic mass is 10.1. The van der Waals surface area contributed by atoms with Crippen LogP contribution < -0.4 is 0 Å². The van der Waals surface area contributed by atoms with Crippen LogP contribution in [0.25, 0.3) is 0 Å². The summed E-state index contributed by atoms with van der Waals surface area (Å²) in [4.78, 5) is 14.2. The fraction of sp³-hybridized carbons (Fsp3) is 0.462. The summed E-state index contributed by atoms with van der Waals surface area (Å²) in [6, 6.07) is 4.61. The van der Waals surface area contributed by atoms with Crippen molar-refractivity contribution in [3.63, 3.8) is 0 Å². The molecule has 1 fully saturated rings. The highest BCUT2D eigenvalue weighted by Crippen LogP contribution is 2.24. The zero-order valence-electron chi connectivity index (χ0n) is 9.66. The molecule has 17 heavy (non-hydrogen) atoms. The van der Waals surface area contributed by atoms with Crippen molar-refractivity contribution in [2.45, 2.75) is 19.3 Å². The largest absolute Gasteiger partial charge is 0.506 e. The number of carbonyl (C=O) groups is 1. The number of phenols is 1. The van der Waals surface area contributed by atoms with E-state index in [4.69, 9.17) is 11.6 Å². The summed E-state index contributed by atoms with van der Waals surface area (Å²) in [5.41, 5.74) is 0.568. The van der Waals surface area contributed by atoms with E-state index in [1.807, 2.05) is 0 Å². The number of halogens is 1. The highest BCUT2D eigenvalue weighted by Gasteiger charge is 2.15. The van der Waals surface area contributed by atoms with Gasteiger partial charge in [0.1, 0.15) is 5.75 Å². The van der Waals surface area contributed by atoms with Gasteiger partial charge in [-0.15, -0.1) is 0 Å². The zero-order chi connectivity index (χ0) is 12.3. The molecule has 4 heteroatoms. The zero-order valence-corrected chi connectivity index (χ0v) is 10.4. The predicted octanol–water partition coefficient (Wildman–Crippen LogP) is 2.71. The van der Waals surface area contributed by atoms with E-state index in [9.17, 15) is 9.90 Å². The summed E-state index contributed by atoms with van der Waals surface area (Å²) in [5.74, 6) is 0.0787. The number of phenolic OH excluding ortho intramolecular Hbond substituents is 1. The van der Waals surface area contributed by atoms with E-state index in [1.54, 1.807) is 6.07 Å². The summed E-state index contributed by atoms with van der Waals surface area (Å²) >= 11 is 5.78. The van der Waals surface area contributed by atoms with Gasteiger partial charge < -0.3 is 5.11 Å². The van der Waals surface area contributed by atoms with Gasteiger partial charge in [-0.25, -0.2) is 0 Å². The highest BCUT2D eigenvalue weighted by molar-refractivity contribution is 6.32. The van der Waals surface area contributed by atoms with Gasteiger partial charge in [-0.05, 0) is 44.1 Å². The molecule has 0 spiro atoms. The average molecular weight is 254 g/mol. The van der Waals surface area contributed by atoms with Crippen molar-refractivity contribution in [3.05, 3.63) is 28.8 Å². The number of hydrogen-bond donors (Lipinski definition) is 1. The van der Waals surface area contributed by atoms with Crippen molar-refractivity contribution in [3.8, 4) is 5.75 Å². The van der Waals surface area contributed by atoms with Crippen LogP contribution in [0.5, 0.6) is 5.75 Å². The number of likely N-dealkylation sites (tertiary alicyclic amines) is 1. The number of aromatic hydroxyl groups is 1. The Balaban J connectivity index is 2.01. The van der Waals surface area contributed by atoms with Gasteiger partial charge in [0.05, 0.1) is 11.6 Å². The number of benzene rings is 1. The first kappa shape index (κ1) is 12.4. The summed E-state index contributed by atoms with van der Waals surface area (Å²) in [6.45, 7) is 2.44. The standard InChI is InChI=1S/C13H16ClNO2/c14-11-8-10(4-5-12(11)16)13(17)9-15-6-2-1-3-7-15/h4-5,8,16H,1-3,6-7,9H2. The van der Waals surface area contributed by atoms with Gasteiger partial charge in [0.2, 0.25) is 0 Å². The van der Waals surface area contributed by atoms with Crippen molar-refractivity contribution >= 4 is 17.4 Å². The molecule has 0 radical (unpaired) electrons. The second-order valence-electron chi connectivity index (χ2n) is 4.43. The molecule has 92 valence electrons. The predicted molar refractivity (Wildman–Crippen MR) is 67.7 cm³/mol. The molecule has 1 aliphatic heterocycles. The SMILES string of the molecule is O=C(CN1CCCCC1)c1ccc(O)c(Cl)c1. The van der Waals surface area contributed by atoms with Gasteiger partial charge in [-0.3, -0.25) is 9.69 Å². The number of Topliss-reactive ketones (excluding diaryl/α,β-unsaturated/α-hetero) is 1. The Kier molecular flexibility index (Phi) is 4.02. The number of carbonyl (C=O) groups excluding carboxylic acids is 1. The lowest BCUT2D eigenvalue weighted by molar-refractivity contribution is 0.0915. The molecule has 0 saturated carbocycles. The van der Waals surface area contributed by atoms with E-state index in [-0.39, 0.29) is 16.6 Å². The Morgan fingerprint density at radius 3 is 2.65 bits per heavy atom. The van der Waals surface area contributed by atoms with E-state index in [1.165, 1.54) is 31.4 Å². The van der Waals surface area contributed by atoms with Crippen LogP contribution in [0.2, 0.25) is 5.02 Å². The average Bonchev–Trinajstić information content (AvgIpc) is 2.34. The van der Waals surface area contributed by atoms with Crippen molar-refractivity contribution in [2.75, 3.05) is 19.6 Å². The molecular weight excluding hydrogens is 238 g/mol. The molecule has 1 saturated heterocycles. The molecule has 0 amide bonds. The molecule has 1 heterocycles. The maximum Gasteiger partial charge on any atom is 0.176 e. The third kappa shape index (κ3) is 3.20. The minimum Gasteiger partial charge on any atom is -0.506 e. The second kappa shape index (κ2) is 5.52. The van der Waals surface area contributed by atoms with E-state index >= 15 is 0 Å². The van der Waals surface area contributed by atoms with Crippen LogP contribution >= 0.6 is 11.6 Å². The third-order valence-electron chi connectivity index (χ3n) is 3.09. The molecule has 0 atom stereocenters. The van der Waals surface area contributed by atoms with Gasteiger partial charge in [0.25, 0.3) is 0 Å². The van der Waals surface area contributed by atoms with Crippen LogP contribution in [0, 0.1) is 0 Å². The summed E-state index contributed by atoms with van der Waals surface area (Å²) < 4.78 is 0. The molecule has 0 aliphatic carbocycles. The fourth-order valence-corrected chi connectivity index (χ4v) is 2.27. The van der Waals surface area contributed by atoms with Crippen LogP contribution in [0.15, 0.2) is 18.2 Å². The second-order valence-corrected chi connectivity index (χ2v) is 4.83. The lowest BCUT2D eigenvalue weighted by Gasteiger charge is -2.25. The van der Waals surface area contributed by atoms with Crippen molar-refractivity contribution < 1.29 is 9.90 Å². The van der Waals surface area contributed by atoms with Gasteiger partial charge in [-0.2, -0.15) is 0 Å². The fourth-order valence-electron chi connectivity index (χ4n) is 2.09. The smallest absolute Gasteiger partial charge is 0.176 e. The first-order valence-electron chi connectivity index (χ1n) is 5.91. The highest BCUT2D eigenvalue weighted by atomic mass is 35.5. The monoisotopic (exact) mass is 253 g/mol. The molecule has 2 rings (SSSR count). The molecule has 3 nitrogen and oxygen atoms in total. The van der Waals surface area contributed by atoms with Crippen LogP contribution in [0.3, 0.4) is 0 Å². The molecule has 1 N–H and O–H groups in total. The topological polar surface area (TPSA) is 40.5 Å². The molecule has 1 aromatic rings. The lowest BCUT2D eigenvalue weighted by Crippen LogP contribution is -2.34. The number of hydrogen-bond acceptors (Lipinski definition) is 3. The summed E-state index contributed by atoms with van der Waals surface area (Å²) in [7, 11) is 0. The Morgan fingerprint density at radius 1 is 1.29 bits per heavy atom. The van der Waals surface area contributed by atoms with E-state index < -0.39 is 0 Å². The molecule has 0 aromatic heterocycles. The van der Waals surface area contributed by atoms with Crippen molar-refractivity contribution in [1.29, 1.82) is 0 Å². The molecular formula is C13H16ClNO2. The number of nitrogens with zero attached hydrogens (tertiary/aromatic N) is 1. The minimum atomic E-state index is 0.0150. The molecule has 1 aliphatic rings. The van der Waals surface area contributed by atoms with Gasteiger partial charge in [0.15, 0.2) is 5.78 Å². The Labute approximate surface area is 106 Å². The maximum absolute atomic E-state index is 12.0. The number of rotatable bonds is 3. The Bertz CT molecular complexity index is 414. The van der Waals surface area contributed by atoms with Gasteiger partial charge in [0, 0.05) is 5.56 Å². The van der Waals surface area contributed by atoms with Crippen molar-refractivity contribution in [2.24, 2.45) is 0 Å². The van der Waals surface area contributed by atoms with Crippen LogP contribution in [0.4, 0.5) is 0 Å². The molecule has 1 aromatic carbocycles. The first-order valence-corrected chi connectivity index (χ1v) is 6.28. The van der Waals surface area contributed by atoms with Gasteiger partial charge >= 0.3 is 0 Å². The third-order valence-corrected chi connectivity index (χ3v) is 3.39. The van der Waals surface area contributed by atoms with Crippen molar-refractivity contribution in [1.82, 2.24) is 4.90 Å². The van der Waals surface area contributed by atoms with E-state index in [0.717, 1.165) is 13.1 Å². The summed E-state index contributed by atoms with van der Waals surface area (Å²) in [5, 5.41) is 9.52. The summed E-state index contributed by atoms with van der Waals surface area (Å²) in [6.07, 6.45) is 3.60. The quantitative estimate of drug-likeness (QED) is 0.842.